The maximum Gasteiger partial charge on any atom is 0.123 e. The van der Waals surface area contributed by atoms with Crippen LogP contribution in [0, 0.1) is 23.6 Å². The van der Waals surface area contributed by atoms with E-state index in [0.717, 1.165) is 24.2 Å². The lowest BCUT2D eigenvalue weighted by Crippen LogP contribution is -2.30. The van der Waals surface area contributed by atoms with Crippen molar-refractivity contribution < 1.29 is 4.39 Å². The second-order valence-electron chi connectivity index (χ2n) is 6.99. The maximum absolute atomic E-state index is 13.1. The van der Waals surface area contributed by atoms with Crippen LogP contribution in [0.3, 0.4) is 0 Å². The number of hydrogen-bond donors (Lipinski definition) is 0. The lowest BCUT2D eigenvalue weighted by molar-refractivity contribution is 0.133. The number of allylic oxidation sites excluding steroid dienone is 2. The van der Waals surface area contributed by atoms with Gasteiger partial charge in [0.15, 0.2) is 0 Å². The van der Waals surface area contributed by atoms with E-state index in [9.17, 15) is 4.39 Å². The Bertz CT molecular complexity index is 473. The van der Waals surface area contributed by atoms with Crippen LogP contribution in [0.1, 0.15) is 63.4 Å². The molecule has 2 aliphatic carbocycles. The van der Waals surface area contributed by atoms with Crippen LogP contribution in [-0.2, 0) is 0 Å². The number of halogens is 1. The monoisotopic (exact) mass is 286 g/mol. The van der Waals surface area contributed by atoms with Gasteiger partial charge in [-0.1, -0.05) is 31.2 Å². The van der Waals surface area contributed by atoms with Gasteiger partial charge in [0, 0.05) is 0 Å². The molecule has 0 bridgehead atoms. The Morgan fingerprint density at radius 3 is 2.48 bits per heavy atom. The van der Waals surface area contributed by atoms with Gasteiger partial charge in [-0.15, -0.1) is 0 Å². The Labute approximate surface area is 128 Å². The first-order chi connectivity index (χ1) is 10.3. The topological polar surface area (TPSA) is 0 Å². The summed E-state index contributed by atoms with van der Waals surface area (Å²) in [5.74, 6) is 3.21. The molecule has 3 rings (SSSR count). The molecule has 4 atom stereocenters. The molecule has 0 saturated heterocycles. The molecule has 0 heterocycles. The first kappa shape index (κ1) is 14.8. The third-order valence-corrected chi connectivity index (χ3v) is 5.64. The molecule has 0 aromatic heterocycles. The van der Waals surface area contributed by atoms with Gasteiger partial charge in [-0.2, -0.15) is 0 Å². The van der Waals surface area contributed by atoms with Gasteiger partial charge in [-0.3, -0.25) is 0 Å². The van der Waals surface area contributed by atoms with E-state index in [4.69, 9.17) is 0 Å². The van der Waals surface area contributed by atoms with Gasteiger partial charge >= 0.3 is 0 Å². The molecule has 114 valence electrons. The van der Waals surface area contributed by atoms with Crippen LogP contribution in [0.5, 0.6) is 0 Å². The standard InChI is InChI=1S/C20H27F/c1-2-3-4-15-5-6-19-14-18(8-7-17(19)13-15)16-9-11-20(21)12-10-16/h3-4,9-12,15,17-19H,2,5-8,13-14H2,1H3. The minimum Gasteiger partial charge on any atom is -0.207 e. The molecule has 0 nitrogen and oxygen atoms in total. The van der Waals surface area contributed by atoms with Crippen molar-refractivity contribution in [2.45, 2.75) is 57.8 Å². The van der Waals surface area contributed by atoms with Crippen LogP contribution in [0.15, 0.2) is 36.4 Å². The van der Waals surface area contributed by atoms with Crippen molar-refractivity contribution in [2.24, 2.45) is 17.8 Å². The average molecular weight is 286 g/mol. The van der Waals surface area contributed by atoms with Gasteiger partial charge < -0.3 is 0 Å². The number of rotatable bonds is 3. The molecule has 21 heavy (non-hydrogen) atoms. The van der Waals surface area contributed by atoms with E-state index in [2.05, 4.69) is 19.1 Å². The highest BCUT2D eigenvalue weighted by Crippen LogP contribution is 2.47. The summed E-state index contributed by atoms with van der Waals surface area (Å²) in [6, 6.07) is 7.23. The molecular weight excluding hydrogens is 259 g/mol. The molecule has 0 radical (unpaired) electrons. The highest BCUT2D eigenvalue weighted by molar-refractivity contribution is 5.21. The molecule has 0 aliphatic heterocycles. The molecule has 4 unspecified atom stereocenters. The Kier molecular flexibility index (Phi) is 4.77. The number of fused-ring (bicyclic) bond motifs is 1. The summed E-state index contributed by atoms with van der Waals surface area (Å²) in [5.41, 5.74) is 1.35. The Hall–Kier alpha value is -1.11. The van der Waals surface area contributed by atoms with Crippen molar-refractivity contribution in [1.29, 1.82) is 0 Å². The fourth-order valence-corrected chi connectivity index (χ4v) is 4.47. The first-order valence-corrected chi connectivity index (χ1v) is 8.68. The highest BCUT2D eigenvalue weighted by atomic mass is 19.1. The van der Waals surface area contributed by atoms with Gasteiger partial charge in [0.05, 0.1) is 0 Å². The smallest absolute Gasteiger partial charge is 0.123 e. The van der Waals surface area contributed by atoms with E-state index in [-0.39, 0.29) is 5.82 Å². The average Bonchev–Trinajstić information content (AvgIpc) is 2.53. The lowest BCUT2D eigenvalue weighted by atomic mass is 9.64. The van der Waals surface area contributed by atoms with Crippen LogP contribution >= 0.6 is 0 Å². The largest absolute Gasteiger partial charge is 0.207 e. The van der Waals surface area contributed by atoms with Crippen molar-refractivity contribution in [2.75, 3.05) is 0 Å². The third-order valence-electron chi connectivity index (χ3n) is 5.64. The summed E-state index contributed by atoms with van der Waals surface area (Å²) < 4.78 is 13.1. The molecule has 2 saturated carbocycles. The highest BCUT2D eigenvalue weighted by Gasteiger charge is 2.35. The zero-order valence-corrected chi connectivity index (χ0v) is 13.1. The lowest BCUT2D eigenvalue weighted by Gasteiger charge is -2.41. The van der Waals surface area contributed by atoms with Crippen LogP contribution in [0.25, 0.3) is 0 Å². The molecule has 1 aromatic rings. The first-order valence-electron chi connectivity index (χ1n) is 8.68. The van der Waals surface area contributed by atoms with Crippen LogP contribution in [0.2, 0.25) is 0 Å². The molecule has 1 aromatic carbocycles. The fourth-order valence-electron chi connectivity index (χ4n) is 4.47. The van der Waals surface area contributed by atoms with Gasteiger partial charge in [-0.05, 0) is 86.3 Å². The van der Waals surface area contributed by atoms with Crippen molar-refractivity contribution in [1.82, 2.24) is 0 Å². The van der Waals surface area contributed by atoms with Crippen LogP contribution < -0.4 is 0 Å². The van der Waals surface area contributed by atoms with Crippen molar-refractivity contribution >= 4 is 0 Å². The molecule has 0 N–H and O–H groups in total. The van der Waals surface area contributed by atoms with Gasteiger partial charge in [0.2, 0.25) is 0 Å². The maximum atomic E-state index is 13.1. The zero-order chi connectivity index (χ0) is 14.7. The minimum atomic E-state index is -0.115. The SMILES string of the molecule is CCC=CC1CCC2CC(c3ccc(F)cc3)CCC2C1. The van der Waals surface area contributed by atoms with E-state index < -0.39 is 0 Å². The predicted molar refractivity (Wildman–Crippen MR) is 86.7 cm³/mol. The Balaban J connectivity index is 1.60. The minimum absolute atomic E-state index is 0.115. The molecule has 2 fully saturated rings. The van der Waals surface area contributed by atoms with Crippen molar-refractivity contribution in [3.05, 3.63) is 47.8 Å². The summed E-state index contributed by atoms with van der Waals surface area (Å²) in [6.45, 7) is 2.22. The summed E-state index contributed by atoms with van der Waals surface area (Å²) in [4.78, 5) is 0. The van der Waals surface area contributed by atoms with Crippen LogP contribution in [0.4, 0.5) is 4.39 Å². The normalized spacial score (nSPS) is 33.0. The van der Waals surface area contributed by atoms with Gasteiger partial charge in [-0.25, -0.2) is 4.39 Å². The molecular formula is C20H27F. The summed E-state index contributed by atoms with van der Waals surface area (Å²) in [6.07, 6.45) is 14.1. The molecule has 0 amide bonds. The summed E-state index contributed by atoms with van der Waals surface area (Å²) >= 11 is 0. The summed E-state index contributed by atoms with van der Waals surface area (Å²) in [7, 11) is 0. The number of benzene rings is 1. The van der Waals surface area contributed by atoms with Gasteiger partial charge in [0.1, 0.15) is 5.82 Å². The molecule has 2 aliphatic rings. The van der Waals surface area contributed by atoms with E-state index >= 15 is 0 Å². The molecule has 0 spiro atoms. The Morgan fingerprint density at radius 2 is 1.71 bits per heavy atom. The second kappa shape index (κ2) is 6.77. The second-order valence-corrected chi connectivity index (χ2v) is 6.99. The van der Waals surface area contributed by atoms with Crippen LogP contribution in [-0.4, -0.2) is 0 Å². The van der Waals surface area contributed by atoms with Crippen molar-refractivity contribution in [3.8, 4) is 0 Å². The van der Waals surface area contributed by atoms with E-state index in [1.807, 2.05) is 12.1 Å². The molecule has 1 heteroatoms. The van der Waals surface area contributed by atoms with Gasteiger partial charge in [0.25, 0.3) is 0 Å². The predicted octanol–water partition coefficient (Wildman–Crippen LogP) is 6.09. The number of hydrogen-bond acceptors (Lipinski definition) is 0. The van der Waals surface area contributed by atoms with E-state index in [1.54, 1.807) is 12.1 Å². The van der Waals surface area contributed by atoms with Crippen molar-refractivity contribution in [3.63, 3.8) is 0 Å². The zero-order valence-electron chi connectivity index (χ0n) is 13.1. The van der Waals surface area contributed by atoms with E-state index in [1.165, 1.54) is 44.1 Å². The quantitative estimate of drug-likeness (QED) is 0.590. The fraction of sp³-hybridized carbons (Fsp3) is 0.600. The third kappa shape index (κ3) is 3.56. The van der Waals surface area contributed by atoms with E-state index in [0.29, 0.717) is 5.92 Å². The Morgan fingerprint density at radius 1 is 1.00 bits per heavy atom. The summed E-state index contributed by atoms with van der Waals surface area (Å²) in [5, 5.41) is 0.